The van der Waals surface area contributed by atoms with Crippen molar-refractivity contribution in [2.24, 2.45) is 11.5 Å². The molecule has 0 aliphatic carbocycles. The number of nitrogens with two attached hydrogens (primary N) is 2. The molecule has 1 atom stereocenters. The summed E-state index contributed by atoms with van der Waals surface area (Å²) in [4.78, 5) is 187. The summed E-state index contributed by atoms with van der Waals surface area (Å²) >= 11 is 1.79. The molecule has 0 aromatic heterocycles. The predicted molar refractivity (Wildman–Crippen MR) is 394 cm³/mol. The Morgan fingerprint density at radius 2 is 0.844 bits per heavy atom. The van der Waals surface area contributed by atoms with Crippen LogP contribution in [0, 0.1) is 0 Å². The zero-order valence-corrected chi connectivity index (χ0v) is 64.9. The van der Waals surface area contributed by atoms with Crippen LogP contribution in [-0.2, 0) is 81.4 Å². The van der Waals surface area contributed by atoms with Gasteiger partial charge >= 0.3 is 23.9 Å². The first-order valence-corrected chi connectivity index (χ1v) is 38.9. The Labute approximate surface area is 644 Å². The SMILES string of the molecule is CC(=O)N(O)CCCCCNC(=O)CCC(=O)N(O)CCCCCN(C(=O)CCC(=O)N(O)CCCCCNC(=O)CSCC(=O)N(O)CCOCCNC(=O)[C@@H](N)CCCCNC(=O)CN1CCN(CC(=O)O)CCN(CC(=O)O)CCN(CC(=O)O)CC1)C(C)(C)ON(CCOCCN)C(=O)CSCC(=O)O. The number of thioether (sulfide) groups is 2. The monoisotopic (exact) mass is 1600 g/mol. The first-order valence-electron chi connectivity index (χ1n) is 36.6. The number of rotatable bonds is 60. The van der Waals surface area contributed by atoms with Crippen LogP contribution in [0.4, 0.5) is 0 Å². The molecule has 16 N–H and O–H groups in total. The van der Waals surface area contributed by atoms with E-state index in [2.05, 4.69) is 21.3 Å². The molecule has 0 spiro atoms. The molecule has 0 bridgehead atoms. The van der Waals surface area contributed by atoms with Gasteiger partial charge in [0.15, 0.2) is 5.72 Å². The average Bonchev–Trinajstić information content (AvgIpc) is 0.825. The second-order valence-corrected chi connectivity index (χ2v) is 28.0. The predicted octanol–water partition coefficient (Wildman–Crippen LogP) is -2.75. The zero-order valence-electron chi connectivity index (χ0n) is 63.3. The quantitative estimate of drug-likeness (QED) is 0.0127. The number of aliphatic carboxylic acids is 4. The van der Waals surface area contributed by atoms with Gasteiger partial charge in [-0.2, -0.15) is 0 Å². The fraction of sp³-hybridized carbons (Fsp3) is 0.788. The highest BCUT2D eigenvalue weighted by atomic mass is 32.2. The minimum atomic E-state index is -1.58. The second kappa shape index (κ2) is 59.6. The maximum Gasteiger partial charge on any atom is 0.317 e. The first kappa shape index (κ1) is 99.8. The van der Waals surface area contributed by atoms with E-state index < -0.39 is 95.7 Å². The molecule has 10 amide bonds. The summed E-state index contributed by atoms with van der Waals surface area (Å²) in [5.74, 6) is -10.7. The van der Waals surface area contributed by atoms with Crippen LogP contribution in [0.5, 0.6) is 0 Å². The van der Waals surface area contributed by atoms with Gasteiger partial charge in [-0.1, -0.05) is 0 Å². The van der Waals surface area contributed by atoms with Crippen LogP contribution in [0.2, 0.25) is 0 Å². The minimum Gasteiger partial charge on any atom is -0.481 e. The van der Waals surface area contributed by atoms with Crippen molar-refractivity contribution in [2.75, 3.05) is 200 Å². The number of hydrogen-bond donors (Lipinski definition) is 14. The Morgan fingerprint density at radius 3 is 1.36 bits per heavy atom. The van der Waals surface area contributed by atoms with E-state index in [-0.39, 0.29) is 231 Å². The van der Waals surface area contributed by atoms with Crippen LogP contribution in [0.1, 0.15) is 124 Å². The van der Waals surface area contributed by atoms with E-state index in [4.69, 9.17) is 30.9 Å². The van der Waals surface area contributed by atoms with Crippen LogP contribution in [0.15, 0.2) is 0 Å². The number of nitrogens with zero attached hydrogens (tertiary/aromatic N) is 10. The number of amides is 10. The third-order valence-corrected chi connectivity index (χ3v) is 18.3. The molecule has 1 aliphatic heterocycles. The van der Waals surface area contributed by atoms with Crippen LogP contribution in [0.25, 0.3) is 0 Å². The Kier molecular flexibility index (Phi) is 54.5. The van der Waals surface area contributed by atoms with Crippen LogP contribution >= 0.6 is 23.5 Å². The van der Waals surface area contributed by atoms with E-state index in [0.29, 0.717) is 91.0 Å². The lowest BCUT2D eigenvalue weighted by atomic mass is 10.1. The van der Waals surface area contributed by atoms with Gasteiger partial charge in [0, 0.05) is 144 Å². The summed E-state index contributed by atoms with van der Waals surface area (Å²) in [6.07, 6.45) is 3.91. The molecular formula is C66H120N16O25S2. The molecule has 1 rings (SSSR count). The number of hydroxylamine groups is 10. The van der Waals surface area contributed by atoms with E-state index in [9.17, 15) is 103 Å². The van der Waals surface area contributed by atoms with Crippen molar-refractivity contribution < 1.29 is 123 Å². The van der Waals surface area contributed by atoms with E-state index in [0.717, 1.165) is 28.6 Å². The molecule has 1 heterocycles. The van der Waals surface area contributed by atoms with Gasteiger partial charge < -0.3 is 67.5 Å². The number of hydrogen-bond acceptors (Lipinski definition) is 29. The molecule has 0 unspecified atom stereocenters. The van der Waals surface area contributed by atoms with Crippen LogP contribution in [-0.4, -0.2) is 386 Å². The second-order valence-electron chi connectivity index (χ2n) is 26.1. The van der Waals surface area contributed by atoms with E-state index >= 15 is 0 Å². The number of unbranched alkanes of at least 4 members (excludes halogenated alkanes) is 7. The van der Waals surface area contributed by atoms with Crippen molar-refractivity contribution >= 4 is 106 Å². The first-order chi connectivity index (χ1) is 51.7. The molecule has 0 saturated carbocycles. The topological polar surface area (TPSA) is 561 Å². The van der Waals surface area contributed by atoms with Crippen LogP contribution in [0.3, 0.4) is 0 Å². The molecule has 1 saturated heterocycles. The third-order valence-electron chi connectivity index (χ3n) is 16.5. The Bertz CT molecular complexity index is 2740. The molecule has 1 aliphatic rings. The zero-order chi connectivity index (χ0) is 81.5. The molecule has 0 aromatic rings. The summed E-state index contributed by atoms with van der Waals surface area (Å²) in [6.45, 7) is 6.25. The fourth-order valence-corrected chi connectivity index (χ4v) is 11.8. The van der Waals surface area contributed by atoms with E-state index in [1.165, 1.54) is 25.7 Å². The lowest BCUT2D eigenvalue weighted by Gasteiger charge is -2.41. The van der Waals surface area contributed by atoms with Crippen molar-refractivity contribution in [3.05, 3.63) is 0 Å². The van der Waals surface area contributed by atoms with Gasteiger partial charge in [0.2, 0.25) is 47.3 Å². The highest BCUT2D eigenvalue weighted by molar-refractivity contribution is 8.00. The van der Waals surface area contributed by atoms with Crippen molar-refractivity contribution in [1.29, 1.82) is 0 Å². The summed E-state index contributed by atoms with van der Waals surface area (Å²) in [5.41, 5.74) is 10.0. The highest BCUT2D eigenvalue weighted by Gasteiger charge is 2.36. The third kappa shape index (κ3) is 51.0. The van der Waals surface area contributed by atoms with Gasteiger partial charge in [-0.3, -0.25) is 108 Å². The summed E-state index contributed by atoms with van der Waals surface area (Å²) in [6, 6.07) is -0.856. The normalized spacial score (nSPS) is 13.7. The lowest BCUT2D eigenvalue weighted by Crippen LogP contribution is -2.54. The van der Waals surface area contributed by atoms with E-state index in [1.54, 1.807) is 19.6 Å². The fourth-order valence-electron chi connectivity index (χ4n) is 10.5. The Hall–Kier alpha value is -7.24. The Morgan fingerprint density at radius 1 is 0.422 bits per heavy atom. The molecule has 626 valence electrons. The number of nitrogens with one attached hydrogen (secondary N) is 4. The highest BCUT2D eigenvalue weighted by Crippen LogP contribution is 2.23. The van der Waals surface area contributed by atoms with Gasteiger partial charge in [-0.05, 0) is 90.9 Å². The van der Waals surface area contributed by atoms with Gasteiger partial charge in [0.05, 0.1) is 94.7 Å². The van der Waals surface area contributed by atoms with Crippen molar-refractivity contribution in [3.8, 4) is 0 Å². The van der Waals surface area contributed by atoms with Gasteiger partial charge in [-0.25, -0.2) is 30.2 Å². The van der Waals surface area contributed by atoms with Gasteiger partial charge in [0.1, 0.15) is 0 Å². The molecule has 0 radical (unpaired) electrons. The maximum atomic E-state index is 14.0. The standard InChI is InChI=1S/C66H120N16O25S2/c1-51(83)78(101)26-12-4-8-21-69-53(84)16-17-57(88)79(102)28-14-6-11-25-77(66(2,3)107-82(38-42-105-39-20-67)60(91)49-109-50-64(98)99)56(87)18-19-58(89)80(103)27-13-5-9-22-71-55(86)47-108-48-59(90)81(104)37-41-106-40-24-72-65(100)52(68)15-7-10-23-70-54(85)43-73-29-31-74(44-61(92)93)33-35-76(46-63(96)97)36-34-75(32-30-73)45-62(94)95/h52,101-104H,4-50,67-68H2,1-3H3,(H,69,84)(H,70,85)(H,71,86)(H,72,100)(H,92,93)(H,94,95)(H,96,97)(H,98,99)/t52-/m0/s1. The minimum absolute atomic E-state index is 0.00792. The number of ether oxygens (including phenoxy) is 2. The molecule has 109 heavy (non-hydrogen) atoms. The molecule has 43 heteroatoms. The number of carboxylic acid groups (broad SMARTS) is 4. The average molecular weight is 1600 g/mol. The molecule has 1 fully saturated rings. The van der Waals surface area contributed by atoms with Crippen molar-refractivity contribution in [1.82, 2.24) is 71.1 Å². The number of carbonyl (C=O) groups is 14. The smallest absolute Gasteiger partial charge is 0.317 e. The summed E-state index contributed by atoms with van der Waals surface area (Å²) in [7, 11) is 0. The van der Waals surface area contributed by atoms with E-state index in [1.807, 2.05) is 0 Å². The number of carbonyl (C=O) groups excluding carboxylic acids is 10. The molecule has 41 nitrogen and oxygen atoms in total. The van der Waals surface area contributed by atoms with Crippen LogP contribution < -0.4 is 32.7 Å². The Balaban J connectivity index is 2.52. The van der Waals surface area contributed by atoms with Crippen molar-refractivity contribution in [2.45, 2.75) is 135 Å². The summed E-state index contributed by atoms with van der Waals surface area (Å²) < 4.78 is 10.9. The number of carboxylic acids is 4. The van der Waals surface area contributed by atoms with Crippen molar-refractivity contribution in [3.63, 3.8) is 0 Å². The maximum absolute atomic E-state index is 14.0. The van der Waals surface area contributed by atoms with Gasteiger partial charge in [0.25, 0.3) is 11.8 Å². The lowest BCUT2D eigenvalue weighted by molar-refractivity contribution is -0.271. The molecular weight excluding hydrogens is 1480 g/mol. The molecule has 0 aromatic carbocycles. The van der Waals surface area contributed by atoms with Gasteiger partial charge in [-0.15, -0.1) is 23.5 Å². The summed E-state index contributed by atoms with van der Waals surface area (Å²) in [5, 5.41) is 92.1. The largest absolute Gasteiger partial charge is 0.481 e.